The lowest BCUT2D eigenvalue weighted by atomic mass is 10.2. The molecule has 1 aromatic rings. The molecule has 0 radical (unpaired) electrons. The summed E-state index contributed by atoms with van der Waals surface area (Å²) in [7, 11) is 0. The van der Waals surface area contributed by atoms with Crippen LogP contribution in [0.25, 0.3) is 0 Å². The van der Waals surface area contributed by atoms with Gasteiger partial charge in [-0.2, -0.15) is 0 Å². The monoisotopic (exact) mass is 330 g/mol. The fraction of sp³-hybridized carbons (Fsp3) is 0.600. The fourth-order valence-electron chi connectivity index (χ4n) is 2.34. The maximum atomic E-state index is 13.4. The second-order valence-corrected chi connectivity index (χ2v) is 6.25. The summed E-state index contributed by atoms with van der Waals surface area (Å²) < 4.78 is 18.9. The van der Waals surface area contributed by atoms with Crippen LogP contribution in [0.5, 0.6) is 5.88 Å². The normalized spacial score (nSPS) is 21.5. The predicted octanol–water partition coefficient (Wildman–Crippen LogP) is 2.31. The van der Waals surface area contributed by atoms with Crippen molar-refractivity contribution in [1.29, 1.82) is 0 Å². The maximum absolute atomic E-state index is 13.4. The molecule has 7 heteroatoms. The van der Waals surface area contributed by atoms with Crippen LogP contribution in [0.3, 0.4) is 0 Å². The highest BCUT2D eigenvalue weighted by molar-refractivity contribution is 6.32. The van der Waals surface area contributed by atoms with Gasteiger partial charge >= 0.3 is 0 Å². The van der Waals surface area contributed by atoms with Crippen LogP contribution in [0.15, 0.2) is 12.3 Å². The summed E-state index contributed by atoms with van der Waals surface area (Å²) in [6.07, 6.45) is 0.404. The van der Waals surface area contributed by atoms with Gasteiger partial charge in [-0.3, -0.25) is 4.79 Å². The van der Waals surface area contributed by atoms with Gasteiger partial charge in [-0.25, -0.2) is 9.37 Å². The molecule has 2 rings (SSSR count). The molecule has 1 aliphatic heterocycles. The number of rotatable bonds is 5. The largest absolute Gasteiger partial charge is 0.476 e. The van der Waals surface area contributed by atoms with E-state index >= 15 is 0 Å². The number of amides is 1. The Kier molecular flexibility index (Phi) is 5.58. The Morgan fingerprint density at radius 1 is 1.64 bits per heavy atom. The molecule has 0 bridgehead atoms. The molecule has 0 saturated carbocycles. The van der Waals surface area contributed by atoms with E-state index in [0.29, 0.717) is 12.5 Å². The molecule has 2 heterocycles. The third-order valence-electron chi connectivity index (χ3n) is 3.44. The van der Waals surface area contributed by atoms with Gasteiger partial charge in [-0.1, -0.05) is 25.4 Å². The molecule has 0 spiro atoms. The highest BCUT2D eigenvalue weighted by Gasteiger charge is 2.35. The number of hydrogen-bond donors (Lipinski definition) is 1. The molecule has 122 valence electrons. The zero-order valence-corrected chi connectivity index (χ0v) is 13.4. The van der Waals surface area contributed by atoms with Crippen molar-refractivity contribution in [1.82, 2.24) is 9.88 Å². The molecule has 22 heavy (non-hydrogen) atoms. The summed E-state index contributed by atoms with van der Waals surface area (Å²) >= 11 is 6.08. The van der Waals surface area contributed by atoms with Gasteiger partial charge in [0.25, 0.3) is 5.91 Å². The molecule has 0 aromatic carbocycles. The van der Waals surface area contributed by atoms with Gasteiger partial charge in [0.1, 0.15) is 11.2 Å². The molecule has 1 fully saturated rings. The lowest BCUT2D eigenvalue weighted by molar-refractivity contribution is 0.0672. The zero-order chi connectivity index (χ0) is 16.3. The number of pyridine rings is 1. The Morgan fingerprint density at radius 3 is 2.95 bits per heavy atom. The molecule has 1 aliphatic rings. The number of carbonyl (C=O) groups is 1. The van der Waals surface area contributed by atoms with Crippen LogP contribution in [-0.4, -0.2) is 52.9 Å². The van der Waals surface area contributed by atoms with Crippen LogP contribution in [0.1, 0.15) is 30.6 Å². The van der Waals surface area contributed by atoms with Gasteiger partial charge in [0.05, 0.1) is 31.4 Å². The number of ether oxygens (including phenoxy) is 1. The van der Waals surface area contributed by atoms with E-state index < -0.39 is 12.2 Å². The summed E-state index contributed by atoms with van der Waals surface area (Å²) in [5, 5.41) is 9.49. The molecule has 1 saturated heterocycles. The van der Waals surface area contributed by atoms with E-state index in [2.05, 4.69) is 4.98 Å². The second-order valence-electron chi connectivity index (χ2n) is 5.84. The molecular weight excluding hydrogens is 311 g/mol. The van der Waals surface area contributed by atoms with Crippen molar-refractivity contribution < 1.29 is 19.0 Å². The Balaban J connectivity index is 2.12. The summed E-state index contributed by atoms with van der Waals surface area (Å²) in [6, 6.07) is 0.963. The van der Waals surface area contributed by atoms with Crippen molar-refractivity contribution in [3.63, 3.8) is 0 Å². The summed E-state index contributed by atoms with van der Waals surface area (Å²) in [6.45, 7) is 4.20. The number of likely N-dealkylation sites (tertiary alicyclic amines) is 1. The number of halogens is 2. The topological polar surface area (TPSA) is 62.7 Å². The van der Waals surface area contributed by atoms with E-state index in [1.165, 1.54) is 17.2 Å². The van der Waals surface area contributed by atoms with Crippen molar-refractivity contribution in [3.05, 3.63) is 22.8 Å². The van der Waals surface area contributed by atoms with Crippen molar-refractivity contribution in [2.45, 2.75) is 32.5 Å². The standard InChI is InChI=1S/C15H20ClFN2O3/c1-9(2)8-22-14-13(16)3-10(5-18-14)15(21)19-6-11(17)4-12(19)7-20/h3,5,9,11-12,20H,4,6-8H2,1-2H3/t11-,12-/m0/s1. The van der Waals surface area contributed by atoms with Gasteiger partial charge in [0.2, 0.25) is 5.88 Å². The van der Waals surface area contributed by atoms with Crippen molar-refractivity contribution in [3.8, 4) is 5.88 Å². The SMILES string of the molecule is CC(C)COc1ncc(C(=O)N2C[C@@H](F)C[C@H]2CO)cc1Cl. The van der Waals surface area contributed by atoms with Crippen molar-refractivity contribution >= 4 is 17.5 Å². The Bertz CT molecular complexity index is 542. The average Bonchev–Trinajstić information content (AvgIpc) is 2.86. The van der Waals surface area contributed by atoms with E-state index in [1.807, 2.05) is 13.8 Å². The Hall–Kier alpha value is -1.40. The van der Waals surface area contributed by atoms with Crippen LogP contribution in [-0.2, 0) is 0 Å². The number of aliphatic hydroxyl groups is 1. The zero-order valence-electron chi connectivity index (χ0n) is 12.6. The second kappa shape index (κ2) is 7.24. The van der Waals surface area contributed by atoms with Gasteiger partial charge in [0, 0.05) is 12.6 Å². The van der Waals surface area contributed by atoms with Crippen LogP contribution < -0.4 is 4.74 Å². The molecule has 0 aliphatic carbocycles. The van der Waals surface area contributed by atoms with Gasteiger partial charge in [-0.15, -0.1) is 0 Å². The van der Waals surface area contributed by atoms with Gasteiger partial charge < -0.3 is 14.7 Å². The highest BCUT2D eigenvalue weighted by atomic mass is 35.5. The first-order valence-corrected chi connectivity index (χ1v) is 7.64. The lowest BCUT2D eigenvalue weighted by Crippen LogP contribution is -2.37. The van der Waals surface area contributed by atoms with E-state index in [-0.39, 0.29) is 41.9 Å². The van der Waals surface area contributed by atoms with Crippen LogP contribution in [0, 0.1) is 5.92 Å². The van der Waals surface area contributed by atoms with E-state index in [4.69, 9.17) is 16.3 Å². The number of hydrogen-bond acceptors (Lipinski definition) is 4. The molecule has 1 amide bonds. The van der Waals surface area contributed by atoms with E-state index in [0.717, 1.165) is 0 Å². The first kappa shape index (κ1) is 17.0. The molecule has 0 unspecified atom stereocenters. The van der Waals surface area contributed by atoms with Crippen LogP contribution in [0.2, 0.25) is 5.02 Å². The summed E-state index contributed by atoms with van der Waals surface area (Å²) in [5.41, 5.74) is 0.259. The van der Waals surface area contributed by atoms with Crippen LogP contribution >= 0.6 is 11.6 Å². The maximum Gasteiger partial charge on any atom is 0.255 e. The number of nitrogens with zero attached hydrogens (tertiary/aromatic N) is 2. The minimum Gasteiger partial charge on any atom is -0.476 e. The quantitative estimate of drug-likeness (QED) is 0.900. The van der Waals surface area contributed by atoms with E-state index in [1.54, 1.807) is 0 Å². The third kappa shape index (κ3) is 3.87. The molecule has 1 aromatic heterocycles. The first-order valence-electron chi connectivity index (χ1n) is 7.26. The molecule has 5 nitrogen and oxygen atoms in total. The number of aromatic nitrogens is 1. The Labute approximate surface area is 134 Å². The van der Waals surface area contributed by atoms with Gasteiger partial charge in [0.15, 0.2) is 0 Å². The minimum atomic E-state index is -1.11. The minimum absolute atomic E-state index is 0.0206. The predicted molar refractivity (Wildman–Crippen MR) is 81.0 cm³/mol. The number of aliphatic hydroxyl groups excluding tert-OH is 1. The molecule has 1 N–H and O–H groups in total. The first-order chi connectivity index (χ1) is 10.4. The fourth-order valence-corrected chi connectivity index (χ4v) is 2.56. The third-order valence-corrected chi connectivity index (χ3v) is 3.71. The van der Waals surface area contributed by atoms with Gasteiger partial charge in [-0.05, 0) is 12.0 Å². The number of alkyl halides is 1. The average molecular weight is 331 g/mol. The molecule has 2 atom stereocenters. The summed E-state index contributed by atoms with van der Waals surface area (Å²) in [4.78, 5) is 17.8. The lowest BCUT2D eigenvalue weighted by Gasteiger charge is -2.22. The smallest absolute Gasteiger partial charge is 0.255 e. The summed E-state index contributed by atoms with van der Waals surface area (Å²) in [5.74, 6) is 0.218. The van der Waals surface area contributed by atoms with Crippen molar-refractivity contribution in [2.75, 3.05) is 19.8 Å². The van der Waals surface area contributed by atoms with E-state index in [9.17, 15) is 14.3 Å². The highest BCUT2D eigenvalue weighted by Crippen LogP contribution is 2.26. The molecular formula is C15H20ClFN2O3. The van der Waals surface area contributed by atoms with Crippen molar-refractivity contribution in [2.24, 2.45) is 5.92 Å². The van der Waals surface area contributed by atoms with Crippen LogP contribution in [0.4, 0.5) is 4.39 Å². The Morgan fingerprint density at radius 2 is 2.36 bits per heavy atom. The number of carbonyl (C=O) groups excluding carboxylic acids is 1.